The quantitative estimate of drug-likeness (QED) is 0.718. The summed E-state index contributed by atoms with van der Waals surface area (Å²) in [6.45, 7) is -0.0158. The van der Waals surface area contributed by atoms with E-state index in [0.717, 1.165) is 10.8 Å². The van der Waals surface area contributed by atoms with Crippen molar-refractivity contribution in [2.24, 2.45) is 5.73 Å². The molecule has 0 fully saturated rings. The predicted molar refractivity (Wildman–Crippen MR) is 66.8 cm³/mol. The Hall–Kier alpha value is -1.20. The van der Waals surface area contributed by atoms with Crippen molar-refractivity contribution in [3.05, 3.63) is 41.2 Å². The number of nitrogens with two attached hydrogens (primary N) is 1. The third-order valence-electron chi connectivity index (χ3n) is 2.70. The summed E-state index contributed by atoms with van der Waals surface area (Å²) in [7, 11) is 0. The number of hydrogen-bond acceptors (Lipinski definition) is 4. The smallest absolute Gasteiger partial charge is 0.136 e. The van der Waals surface area contributed by atoms with Crippen molar-refractivity contribution < 1.29 is 10.2 Å². The minimum Gasteiger partial charge on any atom is -0.389 e. The van der Waals surface area contributed by atoms with Gasteiger partial charge in [-0.05, 0) is 5.39 Å². The van der Waals surface area contributed by atoms with Crippen molar-refractivity contribution in [2.45, 2.75) is 12.2 Å². The average Bonchev–Trinajstić information content (AvgIpc) is 2.38. The lowest BCUT2D eigenvalue weighted by Crippen LogP contribution is -2.27. The van der Waals surface area contributed by atoms with Gasteiger partial charge in [0.2, 0.25) is 0 Å². The SMILES string of the molecule is NCC(O)C(O)c1cnc(Cl)c2ccccc12. The fourth-order valence-corrected chi connectivity index (χ4v) is 1.97. The van der Waals surface area contributed by atoms with Gasteiger partial charge in [-0.15, -0.1) is 0 Å². The summed E-state index contributed by atoms with van der Waals surface area (Å²) >= 11 is 5.97. The molecule has 2 aromatic rings. The maximum Gasteiger partial charge on any atom is 0.136 e. The largest absolute Gasteiger partial charge is 0.389 e. The molecule has 1 aromatic heterocycles. The predicted octanol–water partition coefficient (Wildman–Crippen LogP) is 1.24. The number of nitrogens with zero attached hydrogens (tertiary/aromatic N) is 1. The van der Waals surface area contributed by atoms with Crippen LogP contribution < -0.4 is 5.73 Å². The Morgan fingerprint density at radius 3 is 2.53 bits per heavy atom. The van der Waals surface area contributed by atoms with Gasteiger partial charge in [0.1, 0.15) is 11.3 Å². The van der Waals surface area contributed by atoms with Crippen LogP contribution in [0.2, 0.25) is 5.15 Å². The third kappa shape index (κ3) is 2.25. The number of rotatable bonds is 3. The number of benzene rings is 1. The van der Waals surface area contributed by atoms with E-state index >= 15 is 0 Å². The van der Waals surface area contributed by atoms with Gasteiger partial charge in [0.25, 0.3) is 0 Å². The number of halogens is 1. The minimum absolute atomic E-state index is 0.0158. The minimum atomic E-state index is -1.06. The highest BCUT2D eigenvalue weighted by atomic mass is 35.5. The lowest BCUT2D eigenvalue weighted by atomic mass is 10.00. The van der Waals surface area contributed by atoms with Crippen molar-refractivity contribution in [1.82, 2.24) is 4.98 Å². The maximum absolute atomic E-state index is 9.96. The summed E-state index contributed by atoms with van der Waals surface area (Å²) in [5.41, 5.74) is 5.86. The molecule has 0 saturated carbocycles. The van der Waals surface area contributed by atoms with Crippen molar-refractivity contribution in [1.29, 1.82) is 0 Å². The van der Waals surface area contributed by atoms with Crippen LogP contribution >= 0.6 is 11.6 Å². The summed E-state index contributed by atoms with van der Waals surface area (Å²) in [6.07, 6.45) is -0.607. The zero-order chi connectivity index (χ0) is 12.4. The molecule has 2 atom stereocenters. The Morgan fingerprint density at radius 2 is 1.88 bits per heavy atom. The van der Waals surface area contributed by atoms with Crippen LogP contribution in [0.5, 0.6) is 0 Å². The molecule has 0 aliphatic rings. The number of aromatic nitrogens is 1. The standard InChI is InChI=1S/C12H13ClN2O2/c13-12-8-4-2-1-3-7(8)9(6-15-12)11(17)10(16)5-14/h1-4,6,10-11,16-17H,5,14H2. The number of aliphatic hydroxyl groups is 2. The van der Waals surface area contributed by atoms with E-state index in [-0.39, 0.29) is 6.54 Å². The average molecular weight is 253 g/mol. The number of hydrogen-bond donors (Lipinski definition) is 3. The number of pyridine rings is 1. The first kappa shape index (κ1) is 12.3. The van der Waals surface area contributed by atoms with E-state index in [2.05, 4.69) is 4.98 Å². The fraction of sp³-hybridized carbons (Fsp3) is 0.250. The second-order valence-corrected chi connectivity index (χ2v) is 4.16. The molecule has 90 valence electrons. The Labute approximate surface area is 104 Å². The lowest BCUT2D eigenvalue weighted by molar-refractivity contribution is 0.0250. The van der Waals surface area contributed by atoms with Gasteiger partial charge in [0, 0.05) is 23.7 Å². The molecule has 0 spiro atoms. The van der Waals surface area contributed by atoms with Gasteiger partial charge in [0.05, 0.1) is 6.10 Å². The molecule has 4 N–H and O–H groups in total. The van der Waals surface area contributed by atoms with Gasteiger partial charge in [-0.3, -0.25) is 0 Å². The maximum atomic E-state index is 9.96. The van der Waals surface area contributed by atoms with Crippen molar-refractivity contribution >= 4 is 22.4 Å². The highest BCUT2D eigenvalue weighted by molar-refractivity contribution is 6.34. The molecule has 0 radical (unpaired) electrons. The van der Waals surface area contributed by atoms with Crippen LogP contribution in [-0.4, -0.2) is 27.8 Å². The van der Waals surface area contributed by atoms with E-state index in [1.54, 1.807) is 0 Å². The molecule has 2 unspecified atom stereocenters. The first-order valence-corrected chi connectivity index (χ1v) is 5.62. The van der Waals surface area contributed by atoms with E-state index in [9.17, 15) is 10.2 Å². The van der Waals surface area contributed by atoms with Crippen LogP contribution in [-0.2, 0) is 0 Å². The van der Waals surface area contributed by atoms with Gasteiger partial charge in [-0.1, -0.05) is 35.9 Å². The van der Waals surface area contributed by atoms with Crippen LogP contribution in [0, 0.1) is 0 Å². The van der Waals surface area contributed by atoms with Crippen LogP contribution in [0.25, 0.3) is 10.8 Å². The Bertz CT molecular complexity index is 533. The summed E-state index contributed by atoms with van der Waals surface area (Å²) in [5.74, 6) is 0. The van der Waals surface area contributed by atoms with Crippen LogP contribution in [0.4, 0.5) is 0 Å². The highest BCUT2D eigenvalue weighted by Crippen LogP contribution is 2.29. The molecule has 1 heterocycles. The molecule has 0 amide bonds. The first-order chi connectivity index (χ1) is 8.15. The first-order valence-electron chi connectivity index (χ1n) is 5.24. The molecule has 1 aromatic carbocycles. The monoisotopic (exact) mass is 252 g/mol. The zero-order valence-electron chi connectivity index (χ0n) is 9.05. The fourth-order valence-electron chi connectivity index (χ4n) is 1.75. The molecule has 0 aliphatic carbocycles. The molecule has 5 heteroatoms. The molecule has 0 saturated heterocycles. The van der Waals surface area contributed by atoms with Gasteiger partial charge in [-0.2, -0.15) is 0 Å². The summed E-state index contributed by atoms with van der Waals surface area (Å²) in [5, 5.41) is 21.4. The van der Waals surface area contributed by atoms with E-state index in [4.69, 9.17) is 17.3 Å². The number of fused-ring (bicyclic) bond motifs is 1. The van der Waals surface area contributed by atoms with Crippen LogP contribution in [0.3, 0.4) is 0 Å². The van der Waals surface area contributed by atoms with Crippen LogP contribution in [0.15, 0.2) is 30.5 Å². The van der Waals surface area contributed by atoms with Crippen molar-refractivity contribution in [2.75, 3.05) is 6.54 Å². The highest BCUT2D eigenvalue weighted by Gasteiger charge is 2.20. The van der Waals surface area contributed by atoms with E-state index < -0.39 is 12.2 Å². The molecule has 17 heavy (non-hydrogen) atoms. The van der Waals surface area contributed by atoms with Gasteiger partial charge < -0.3 is 15.9 Å². The Balaban J connectivity index is 2.59. The molecular formula is C12H13ClN2O2. The molecule has 4 nitrogen and oxygen atoms in total. The topological polar surface area (TPSA) is 79.4 Å². The Kier molecular flexibility index (Phi) is 3.59. The molecule has 2 rings (SSSR count). The van der Waals surface area contributed by atoms with E-state index in [1.807, 2.05) is 24.3 Å². The zero-order valence-corrected chi connectivity index (χ0v) is 9.80. The summed E-state index contributed by atoms with van der Waals surface area (Å²) in [6, 6.07) is 7.32. The molecule has 0 bridgehead atoms. The second kappa shape index (κ2) is 4.98. The van der Waals surface area contributed by atoms with Crippen molar-refractivity contribution in [3.63, 3.8) is 0 Å². The molecule has 0 aliphatic heterocycles. The van der Waals surface area contributed by atoms with E-state index in [1.165, 1.54) is 6.20 Å². The van der Waals surface area contributed by atoms with Gasteiger partial charge in [-0.25, -0.2) is 4.98 Å². The number of aliphatic hydroxyl groups excluding tert-OH is 2. The summed E-state index contributed by atoms with van der Waals surface area (Å²) < 4.78 is 0. The normalized spacial score (nSPS) is 14.8. The molecular weight excluding hydrogens is 240 g/mol. The van der Waals surface area contributed by atoms with Gasteiger partial charge >= 0.3 is 0 Å². The Morgan fingerprint density at radius 1 is 1.24 bits per heavy atom. The van der Waals surface area contributed by atoms with E-state index in [0.29, 0.717) is 10.7 Å². The second-order valence-electron chi connectivity index (χ2n) is 3.80. The van der Waals surface area contributed by atoms with Crippen molar-refractivity contribution in [3.8, 4) is 0 Å². The third-order valence-corrected chi connectivity index (χ3v) is 3.00. The van der Waals surface area contributed by atoms with Gasteiger partial charge in [0.15, 0.2) is 0 Å². The lowest BCUT2D eigenvalue weighted by Gasteiger charge is -2.18. The van der Waals surface area contributed by atoms with Crippen LogP contribution in [0.1, 0.15) is 11.7 Å². The summed E-state index contributed by atoms with van der Waals surface area (Å²) in [4.78, 5) is 4.00.